The molecule has 1 unspecified atom stereocenters. The van der Waals surface area contributed by atoms with Crippen LogP contribution in [0.25, 0.3) is 0 Å². The third-order valence-corrected chi connectivity index (χ3v) is 3.97. The summed E-state index contributed by atoms with van der Waals surface area (Å²) in [6.07, 6.45) is 1.21. The molecule has 110 valence electrons. The van der Waals surface area contributed by atoms with Gasteiger partial charge in [-0.3, -0.25) is 4.99 Å². The summed E-state index contributed by atoms with van der Waals surface area (Å²) in [6.45, 7) is 5.39. The maximum absolute atomic E-state index is 5.18. The molecule has 1 atom stereocenters. The number of nitrogens with one attached hydrogen (secondary N) is 1. The number of hydrogen-bond acceptors (Lipinski definition) is 2. The first kappa shape index (κ1) is 14.7. The highest BCUT2D eigenvalue weighted by molar-refractivity contribution is 5.80. The minimum absolute atomic E-state index is 0.400. The average molecular weight is 275 g/mol. The van der Waals surface area contributed by atoms with E-state index in [1.807, 2.05) is 19.2 Å². The molecule has 0 spiro atoms. The van der Waals surface area contributed by atoms with Gasteiger partial charge in [0, 0.05) is 26.7 Å². The van der Waals surface area contributed by atoms with Crippen LogP contribution in [-0.2, 0) is 6.54 Å². The highest BCUT2D eigenvalue weighted by Gasteiger charge is 2.46. The van der Waals surface area contributed by atoms with E-state index < -0.39 is 0 Å². The van der Waals surface area contributed by atoms with Crippen LogP contribution in [0.4, 0.5) is 0 Å². The molecule has 1 aliphatic rings. The molecule has 0 heterocycles. The molecule has 1 N–H and O–H groups in total. The zero-order chi connectivity index (χ0) is 14.8. The zero-order valence-electron chi connectivity index (χ0n) is 13.1. The Morgan fingerprint density at radius 2 is 2.00 bits per heavy atom. The molecular formula is C16H25N3O. The van der Waals surface area contributed by atoms with Gasteiger partial charge in [0.05, 0.1) is 7.11 Å². The molecule has 0 aromatic heterocycles. The number of methoxy groups -OCH3 is 1. The van der Waals surface area contributed by atoms with E-state index in [0.29, 0.717) is 11.5 Å². The Morgan fingerprint density at radius 1 is 1.40 bits per heavy atom. The first-order valence-corrected chi connectivity index (χ1v) is 7.03. The average Bonchev–Trinajstić information content (AvgIpc) is 3.03. The fraction of sp³-hybridized carbons (Fsp3) is 0.562. The Kier molecular flexibility index (Phi) is 4.21. The molecule has 0 saturated heterocycles. The van der Waals surface area contributed by atoms with Gasteiger partial charge in [-0.15, -0.1) is 0 Å². The van der Waals surface area contributed by atoms with Crippen molar-refractivity contribution in [1.82, 2.24) is 10.2 Å². The van der Waals surface area contributed by atoms with Crippen LogP contribution in [0.3, 0.4) is 0 Å². The maximum Gasteiger partial charge on any atom is 0.193 e. The van der Waals surface area contributed by atoms with Crippen molar-refractivity contribution in [3.8, 4) is 5.75 Å². The third kappa shape index (κ3) is 3.44. The normalized spacial score (nSPS) is 20.4. The van der Waals surface area contributed by atoms with Crippen LogP contribution in [0.15, 0.2) is 29.3 Å². The zero-order valence-corrected chi connectivity index (χ0v) is 13.1. The molecule has 4 heteroatoms. The largest absolute Gasteiger partial charge is 0.497 e. The number of guanidine groups is 1. The van der Waals surface area contributed by atoms with Gasteiger partial charge in [0.25, 0.3) is 0 Å². The predicted octanol–water partition coefficient (Wildman–Crippen LogP) is 2.50. The quantitative estimate of drug-likeness (QED) is 0.677. The molecule has 1 aromatic rings. The van der Waals surface area contributed by atoms with Gasteiger partial charge in [-0.1, -0.05) is 26.0 Å². The first-order valence-electron chi connectivity index (χ1n) is 7.03. The van der Waals surface area contributed by atoms with Gasteiger partial charge in [0.1, 0.15) is 5.75 Å². The second-order valence-electron chi connectivity index (χ2n) is 6.14. The summed E-state index contributed by atoms with van der Waals surface area (Å²) in [6, 6.07) is 8.69. The molecule has 0 radical (unpaired) electrons. The van der Waals surface area contributed by atoms with Gasteiger partial charge in [-0.2, -0.15) is 0 Å². The summed E-state index contributed by atoms with van der Waals surface area (Å²) in [4.78, 5) is 6.52. The van der Waals surface area contributed by atoms with Crippen LogP contribution >= 0.6 is 0 Å². The third-order valence-electron chi connectivity index (χ3n) is 3.97. The van der Waals surface area contributed by atoms with Crippen LogP contribution in [0, 0.1) is 5.41 Å². The van der Waals surface area contributed by atoms with E-state index in [0.717, 1.165) is 18.3 Å². The van der Waals surface area contributed by atoms with Crippen molar-refractivity contribution in [3.63, 3.8) is 0 Å². The van der Waals surface area contributed by atoms with Gasteiger partial charge in [0.2, 0.25) is 0 Å². The number of hydrogen-bond donors (Lipinski definition) is 1. The Hall–Kier alpha value is -1.71. The number of aliphatic imine (C=N–C) groups is 1. The lowest BCUT2D eigenvalue weighted by atomic mass is 10.2. The van der Waals surface area contributed by atoms with Crippen molar-refractivity contribution < 1.29 is 4.74 Å². The SMILES string of the molecule is CN=C(NC1CC1(C)C)N(C)Cc1ccc(OC)cc1. The van der Waals surface area contributed by atoms with Crippen molar-refractivity contribution in [1.29, 1.82) is 0 Å². The Balaban J connectivity index is 1.93. The predicted molar refractivity (Wildman–Crippen MR) is 83.1 cm³/mol. The first-order chi connectivity index (χ1) is 9.46. The number of rotatable bonds is 4. The molecular weight excluding hydrogens is 250 g/mol. The molecule has 4 nitrogen and oxygen atoms in total. The van der Waals surface area contributed by atoms with Gasteiger partial charge in [-0.05, 0) is 29.5 Å². The highest BCUT2D eigenvalue weighted by Crippen LogP contribution is 2.44. The van der Waals surface area contributed by atoms with Crippen molar-refractivity contribution >= 4 is 5.96 Å². The number of benzene rings is 1. The molecule has 2 rings (SSSR count). The lowest BCUT2D eigenvalue weighted by Gasteiger charge is -2.23. The number of ether oxygens (including phenoxy) is 1. The molecule has 20 heavy (non-hydrogen) atoms. The summed E-state index contributed by atoms with van der Waals surface area (Å²) in [5.41, 5.74) is 1.64. The van der Waals surface area contributed by atoms with E-state index in [2.05, 4.69) is 48.2 Å². The van der Waals surface area contributed by atoms with Crippen molar-refractivity contribution in [3.05, 3.63) is 29.8 Å². The van der Waals surface area contributed by atoms with E-state index in [4.69, 9.17) is 4.74 Å². The topological polar surface area (TPSA) is 36.9 Å². The maximum atomic E-state index is 5.18. The Bertz CT molecular complexity index is 479. The van der Waals surface area contributed by atoms with Crippen LogP contribution in [-0.4, -0.2) is 38.1 Å². The van der Waals surface area contributed by atoms with E-state index in [-0.39, 0.29) is 0 Å². The summed E-state index contributed by atoms with van der Waals surface area (Å²) < 4.78 is 5.18. The Labute approximate surface area is 121 Å². The number of nitrogens with zero attached hydrogens (tertiary/aromatic N) is 2. The summed E-state index contributed by atoms with van der Waals surface area (Å²) in [7, 11) is 5.58. The van der Waals surface area contributed by atoms with E-state index in [9.17, 15) is 0 Å². The Morgan fingerprint density at radius 3 is 2.45 bits per heavy atom. The summed E-state index contributed by atoms with van der Waals surface area (Å²) in [5.74, 6) is 1.84. The van der Waals surface area contributed by atoms with Crippen molar-refractivity contribution in [2.75, 3.05) is 21.2 Å². The van der Waals surface area contributed by atoms with Crippen LogP contribution in [0.2, 0.25) is 0 Å². The lowest BCUT2D eigenvalue weighted by Crippen LogP contribution is -2.40. The second-order valence-corrected chi connectivity index (χ2v) is 6.14. The molecule has 1 fully saturated rings. The molecule has 1 aromatic carbocycles. The minimum atomic E-state index is 0.400. The fourth-order valence-corrected chi connectivity index (χ4v) is 2.29. The summed E-state index contributed by atoms with van der Waals surface area (Å²) in [5, 5.41) is 3.52. The molecule has 0 aliphatic heterocycles. The van der Waals surface area contributed by atoms with Gasteiger partial charge < -0.3 is 15.0 Å². The molecule has 0 bridgehead atoms. The molecule has 0 amide bonds. The lowest BCUT2D eigenvalue weighted by molar-refractivity contribution is 0.414. The van der Waals surface area contributed by atoms with Gasteiger partial charge >= 0.3 is 0 Å². The molecule has 1 saturated carbocycles. The van der Waals surface area contributed by atoms with Gasteiger partial charge in [0.15, 0.2) is 5.96 Å². The standard InChI is InChI=1S/C16H25N3O/c1-16(2)10-14(16)18-15(17-3)19(4)11-12-6-8-13(20-5)9-7-12/h6-9,14H,10-11H2,1-5H3,(H,17,18). The van der Waals surface area contributed by atoms with E-state index in [1.54, 1.807) is 7.11 Å². The van der Waals surface area contributed by atoms with E-state index in [1.165, 1.54) is 12.0 Å². The second kappa shape index (κ2) is 5.73. The smallest absolute Gasteiger partial charge is 0.193 e. The van der Waals surface area contributed by atoms with Crippen LogP contribution in [0.5, 0.6) is 5.75 Å². The van der Waals surface area contributed by atoms with Crippen LogP contribution < -0.4 is 10.1 Å². The highest BCUT2D eigenvalue weighted by atomic mass is 16.5. The monoisotopic (exact) mass is 275 g/mol. The van der Waals surface area contributed by atoms with Crippen LogP contribution in [0.1, 0.15) is 25.8 Å². The summed E-state index contributed by atoms with van der Waals surface area (Å²) >= 11 is 0. The van der Waals surface area contributed by atoms with Crippen molar-refractivity contribution in [2.24, 2.45) is 10.4 Å². The van der Waals surface area contributed by atoms with Crippen molar-refractivity contribution in [2.45, 2.75) is 32.9 Å². The molecule has 1 aliphatic carbocycles. The minimum Gasteiger partial charge on any atom is -0.497 e. The fourth-order valence-electron chi connectivity index (χ4n) is 2.29. The van der Waals surface area contributed by atoms with Gasteiger partial charge in [-0.25, -0.2) is 0 Å². The van der Waals surface area contributed by atoms with E-state index >= 15 is 0 Å².